The van der Waals surface area contributed by atoms with Crippen LogP contribution in [-0.2, 0) is 0 Å². The highest BCUT2D eigenvalue weighted by Gasteiger charge is 1.98. The van der Waals surface area contributed by atoms with E-state index in [9.17, 15) is 9.90 Å². The van der Waals surface area contributed by atoms with Crippen LogP contribution >= 0.6 is 15.9 Å². The predicted octanol–water partition coefficient (Wildman–Crippen LogP) is 2.34. The van der Waals surface area contributed by atoms with Gasteiger partial charge in [0.25, 0.3) is 0 Å². The van der Waals surface area contributed by atoms with Gasteiger partial charge in [-0.15, -0.1) is 0 Å². The second kappa shape index (κ2) is 5.46. The maximum atomic E-state index is 10.4. The molecule has 14 heavy (non-hydrogen) atoms. The lowest BCUT2D eigenvalue weighted by Gasteiger charge is -1.96. The first kappa shape index (κ1) is 10.8. The van der Waals surface area contributed by atoms with Crippen molar-refractivity contribution in [1.29, 1.82) is 0 Å². The van der Waals surface area contributed by atoms with Gasteiger partial charge >= 0.3 is 0 Å². The molecule has 0 bridgehead atoms. The lowest BCUT2D eigenvalue weighted by Crippen LogP contribution is -1.82. The lowest BCUT2D eigenvalue weighted by molar-refractivity contribution is 0.112. The van der Waals surface area contributed by atoms with Crippen molar-refractivity contribution in [2.75, 3.05) is 5.33 Å². The van der Waals surface area contributed by atoms with Gasteiger partial charge in [-0.1, -0.05) is 27.8 Å². The van der Waals surface area contributed by atoms with E-state index in [1.54, 1.807) is 12.1 Å². The quantitative estimate of drug-likeness (QED) is 0.499. The summed E-state index contributed by atoms with van der Waals surface area (Å²) in [6.45, 7) is 0. The Balaban J connectivity index is 2.88. The maximum absolute atomic E-state index is 10.4. The summed E-state index contributed by atoms with van der Waals surface area (Å²) in [6, 6.07) is 4.76. The zero-order valence-corrected chi connectivity index (χ0v) is 9.04. The number of hydrogen-bond donors (Lipinski definition) is 1. The number of phenolic OH excluding ortho intramolecular Hbond substituents is 1. The van der Waals surface area contributed by atoms with E-state index in [0.29, 0.717) is 11.8 Å². The topological polar surface area (TPSA) is 37.3 Å². The molecule has 3 heteroatoms. The minimum atomic E-state index is -0.0226. The summed E-state index contributed by atoms with van der Waals surface area (Å²) in [5.41, 5.74) is 1.00. The minimum absolute atomic E-state index is 0.0226. The van der Waals surface area contributed by atoms with E-state index in [1.807, 2.05) is 0 Å². The molecule has 1 aromatic carbocycles. The molecule has 0 aromatic heterocycles. The molecule has 0 amide bonds. The normalized spacial score (nSPS) is 8.93. The van der Waals surface area contributed by atoms with Crippen LogP contribution in [-0.4, -0.2) is 16.7 Å². The van der Waals surface area contributed by atoms with E-state index in [-0.39, 0.29) is 11.3 Å². The monoisotopic (exact) mass is 252 g/mol. The Labute approximate surface area is 91.1 Å². The van der Waals surface area contributed by atoms with Crippen LogP contribution in [0.1, 0.15) is 22.3 Å². The van der Waals surface area contributed by atoms with Gasteiger partial charge in [-0.3, -0.25) is 4.79 Å². The Morgan fingerprint density at radius 3 is 2.86 bits per heavy atom. The highest BCUT2D eigenvalue weighted by Crippen LogP contribution is 2.15. The van der Waals surface area contributed by atoms with Gasteiger partial charge in [0.2, 0.25) is 0 Å². The van der Waals surface area contributed by atoms with Crippen LogP contribution in [0.25, 0.3) is 0 Å². The van der Waals surface area contributed by atoms with Gasteiger partial charge in [0, 0.05) is 17.3 Å². The van der Waals surface area contributed by atoms with Crippen molar-refractivity contribution in [3.63, 3.8) is 0 Å². The molecule has 1 aromatic rings. The standard InChI is InChI=1S/C11H9BrO2/c12-6-2-1-3-9-4-5-10(8-13)11(14)7-9/h4-5,7-8,14H,2,6H2. The average molecular weight is 253 g/mol. The number of halogens is 1. The fraction of sp³-hybridized carbons (Fsp3) is 0.182. The molecule has 0 saturated carbocycles. The predicted molar refractivity (Wildman–Crippen MR) is 58.8 cm³/mol. The molecule has 0 heterocycles. The number of alkyl halides is 1. The Morgan fingerprint density at radius 1 is 1.50 bits per heavy atom. The van der Waals surface area contributed by atoms with Crippen molar-refractivity contribution in [2.24, 2.45) is 0 Å². The molecule has 0 saturated heterocycles. The smallest absolute Gasteiger partial charge is 0.153 e. The van der Waals surface area contributed by atoms with E-state index in [1.165, 1.54) is 6.07 Å². The third-order valence-corrected chi connectivity index (χ3v) is 2.01. The molecule has 2 nitrogen and oxygen atoms in total. The van der Waals surface area contributed by atoms with Crippen molar-refractivity contribution in [1.82, 2.24) is 0 Å². The van der Waals surface area contributed by atoms with Gasteiger partial charge in [0.05, 0.1) is 5.56 Å². The molecule has 72 valence electrons. The molecular formula is C11H9BrO2. The first-order valence-corrected chi connectivity index (χ1v) is 5.23. The van der Waals surface area contributed by atoms with Gasteiger partial charge in [-0.05, 0) is 18.2 Å². The van der Waals surface area contributed by atoms with Crippen molar-refractivity contribution < 1.29 is 9.90 Å². The SMILES string of the molecule is O=Cc1ccc(C#CCCBr)cc1O. The summed E-state index contributed by atoms with van der Waals surface area (Å²) < 4.78 is 0. The summed E-state index contributed by atoms with van der Waals surface area (Å²) in [7, 11) is 0. The van der Waals surface area contributed by atoms with Gasteiger partial charge in [-0.2, -0.15) is 0 Å². The number of carbonyl (C=O) groups is 1. The number of hydrogen-bond acceptors (Lipinski definition) is 2. The highest BCUT2D eigenvalue weighted by molar-refractivity contribution is 9.09. The van der Waals surface area contributed by atoms with Crippen LogP contribution in [0, 0.1) is 11.8 Å². The highest BCUT2D eigenvalue weighted by atomic mass is 79.9. The summed E-state index contributed by atoms with van der Waals surface area (Å²) in [6.07, 6.45) is 1.38. The second-order valence-electron chi connectivity index (χ2n) is 2.63. The molecule has 0 spiro atoms. The van der Waals surface area contributed by atoms with Crippen molar-refractivity contribution in [3.05, 3.63) is 29.3 Å². The molecule has 0 aliphatic carbocycles. The molecular weight excluding hydrogens is 244 g/mol. The third kappa shape index (κ3) is 2.90. The van der Waals surface area contributed by atoms with Gasteiger partial charge in [0.1, 0.15) is 5.75 Å². The van der Waals surface area contributed by atoms with Gasteiger partial charge < -0.3 is 5.11 Å². The van der Waals surface area contributed by atoms with Crippen LogP contribution in [0.15, 0.2) is 18.2 Å². The van der Waals surface area contributed by atoms with Crippen LogP contribution < -0.4 is 0 Å². The van der Waals surface area contributed by atoms with Crippen LogP contribution in [0.3, 0.4) is 0 Å². The molecule has 1 rings (SSSR count). The lowest BCUT2D eigenvalue weighted by atomic mass is 10.1. The van der Waals surface area contributed by atoms with Crippen LogP contribution in [0.5, 0.6) is 5.75 Å². The summed E-state index contributed by atoms with van der Waals surface area (Å²) >= 11 is 3.26. The maximum Gasteiger partial charge on any atom is 0.153 e. The van der Waals surface area contributed by atoms with Crippen LogP contribution in [0.4, 0.5) is 0 Å². The molecule has 1 N–H and O–H groups in total. The summed E-state index contributed by atoms with van der Waals surface area (Å²) in [5.74, 6) is 5.78. The van der Waals surface area contributed by atoms with Gasteiger partial charge in [0.15, 0.2) is 6.29 Å². The second-order valence-corrected chi connectivity index (χ2v) is 3.43. The van der Waals surface area contributed by atoms with Gasteiger partial charge in [-0.25, -0.2) is 0 Å². The fourth-order valence-corrected chi connectivity index (χ4v) is 1.13. The van der Waals surface area contributed by atoms with E-state index in [0.717, 1.165) is 11.8 Å². The van der Waals surface area contributed by atoms with E-state index >= 15 is 0 Å². The Morgan fingerprint density at radius 2 is 2.29 bits per heavy atom. The minimum Gasteiger partial charge on any atom is -0.507 e. The van der Waals surface area contributed by atoms with Crippen molar-refractivity contribution in [2.45, 2.75) is 6.42 Å². The van der Waals surface area contributed by atoms with E-state index < -0.39 is 0 Å². The average Bonchev–Trinajstić information content (AvgIpc) is 2.18. The number of rotatable bonds is 2. The van der Waals surface area contributed by atoms with Crippen molar-refractivity contribution in [3.8, 4) is 17.6 Å². The number of aromatic hydroxyl groups is 1. The number of aldehydes is 1. The molecule has 0 aliphatic heterocycles. The summed E-state index contributed by atoms with van der Waals surface area (Å²) in [4.78, 5) is 10.4. The first-order valence-electron chi connectivity index (χ1n) is 4.11. The third-order valence-electron chi connectivity index (χ3n) is 1.61. The first-order chi connectivity index (χ1) is 6.77. The summed E-state index contributed by atoms with van der Waals surface area (Å²) in [5, 5.41) is 10.2. The number of carbonyl (C=O) groups excluding carboxylic acids is 1. The Hall–Kier alpha value is -1.27. The molecule has 0 fully saturated rings. The molecule has 0 radical (unpaired) electrons. The molecule has 0 atom stereocenters. The molecule has 0 unspecified atom stereocenters. The Kier molecular flexibility index (Phi) is 4.21. The zero-order chi connectivity index (χ0) is 10.4. The van der Waals surface area contributed by atoms with E-state index in [2.05, 4.69) is 27.8 Å². The molecule has 0 aliphatic rings. The fourth-order valence-electron chi connectivity index (χ4n) is 0.933. The largest absolute Gasteiger partial charge is 0.507 e. The van der Waals surface area contributed by atoms with Crippen molar-refractivity contribution >= 4 is 22.2 Å². The zero-order valence-electron chi connectivity index (χ0n) is 7.46. The number of benzene rings is 1. The van der Waals surface area contributed by atoms with Crippen LogP contribution in [0.2, 0.25) is 0 Å². The van der Waals surface area contributed by atoms with E-state index in [4.69, 9.17) is 0 Å². The number of phenols is 1. The Bertz CT molecular complexity index is 388.